The fourth-order valence-corrected chi connectivity index (χ4v) is 3.83. The Morgan fingerprint density at radius 1 is 1.29 bits per heavy atom. The van der Waals surface area contributed by atoms with Crippen molar-refractivity contribution < 1.29 is 0 Å². The zero-order chi connectivity index (χ0) is 15.3. The van der Waals surface area contributed by atoms with Crippen molar-refractivity contribution in [2.75, 3.05) is 13.1 Å². The van der Waals surface area contributed by atoms with Crippen LogP contribution in [0.1, 0.15) is 71.4 Å². The second-order valence-electron chi connectivity index (χ2n) is 7.05. The maximum Gasteiger partial charge on any atom is 0.0965 e. The molecule has 1 fully saturated rings. The Labute approximate surface area is 134 Å². The molecule has 1 aromatic heterocycles. The van der Waals surface area contributed by atoms with E-state index >= 15 is 0 Å². The highest BCUT2D eigenvalue weighted by molar-refractivity contribution is 8.00. The fourth-order valence-electron chi connectivity index (χ4n) is 2.96. The summed E-state index contributed by atoms with van der Waals surface area (Å²) in [5.74, 6) is 0. The lowest BCUT2D eigenvalue weighted by Crippen LogP contribution is -2.34. The van der Waals surface area contributed by atoms with E-state index in [4.69, 9.17) is 4.98 Å². The van der Waals surface area contributed by atoms with Crippen LogP contribution in [0.25, 0.3) is 0 Å². The molecule has 0 amide bonds. The molecule has 21 heavy (non-hydrogen) atoms. The van der Waals surface area contributed by atoms with Crippen molar-refractivity contribution in [2.45, 2.75) is 75.6 Å². The average Bonchev–Trinajstić information content (AvgIpc) is 2.45. The summed E-state index contributed by atoms with van der Waals surface area (Å²) in [5, 5.41) is 1.14. The summed E-state index contributed by atoms with van der Waals surface area (Å²) < 4.78 is 0.229. The molecule has 1 unspecified atom stereocenters. The summed E-state index contributed by atoms with van der Waals surface area (Å²) in [6, 6.07) is 5.10. The molecule has 2 heterocycles. The standard InChI is InChI=1S/C18H30N2S/c1-5-6-12-20-13-8-7-9-16(20)15-10-11-17(19-14-15)21-18(2,3)4/h10-11,14,16H,5-9,12-13H2,1-4H3. The maximum absolute atomic E-state index is 4.69. The Kier molecular flexibility index (Phi) is 6.12. The molecule has 0 aliphatic carbocycles. The van der Waals surface area contributed by atoms with Crippen LogP contribution in [-0.2, 0) is 0 Å². The van der Waals surface area contributed by atoms with Gasteiger partial charge in [-0.25, -0.2) is 4.98 Å². The predicted molar refractivity (Wildman–Crippen MR) is 92.9 cm³/mol. The van der Waals surface area contributed by atoms with Crippen molar-refractivity contribution >= 4 is 11.8 Å². The van der Waals surface area contributed by atoms with Gasteiger partial charge in [-0.2, -0.15) is 0 Å². The van der Waals surface area contributed by atoms with Gasteiger partial charge in [-0.05, 0) is 44.0 Å². The molecule has 0 aromatic carbocycles. The summed E-state index contributed by atoms with van der Waals surface area (Å²) in [7, 11) is 0. The Hall–Kier alpha value is -0.540. The van der Waals surface area contributed by atoms with Crippen molar-refractivity contribution in [3.05, 3.63) is 23.9 Å². The highest BCUT2D eigenvalue weighted by Crippen LogP contribution is 2.33. The van der Waals surface area contributed by atoms with Gasteiger partial charge in [-0.3, -0.25) is 4.90 Å². The zero-order valence-corrected chi connectivity index (χ0v) is 14.9. The van der Waals surface area contributed by atoms with E-state index in [2.05, 4.69) is 50.9 Å². The van der Waals surface area contributed by atoms with Crippen LogP contribution in [0.2, 0.25) is 0 Å². The van der Waals surface area contributed by atoms with E-state index in [1.54, 1.807) is 0 Å². The highest BCUT2D eigenvalue weighted by Gasteiger charge is 2.23. The molecule has 118 valence electrons. The largest absolute Gasteiger partial charge is 0.296 e. The Morgan fingerprint density at radius 2 is 2.10 bits per heavy atom. The number of pyridine rings is 1. The lowest BCUT2D eigenvalue weighted by atomic mass is 9.96. The Bertz CT molecular complexity index is 422. The Morgan fingerprint density at radius 3 is 2.71 bits per heavy atom. The van der Waals surface area contributed by atoms with E-state index in [-0.39, 0.29) is 4.75 Å². The molecule has 2 nitrogen and oxygen atoms in total. The van der Waals surface area contributed by atoms with Gasteiger partial charge in [0.2, 0.25) is 0 Å². The van der Waals surface area contributed by atoms with E-state index in [9.17, 15) is 0 Å². The van der Waals surface area contributed by atoms with E-state index in [0.717, 1.165) is 5.03 Å². The van der Waals surface area contributed by atoms with Gasteiger partial charge in [0.1, 0.15) is 0 Å². The topological polar surface area (TPSA) is 16.1 Å². The summed E-state index contributed by atoms with van der Waals surface area (Å²) >= 11 is 1.85. The predicted octanol–water partition coefficient (Wildman–Crippen LogP) is 5.30. The van der Waals surface area contributed by atoms with Crippen molar-refractivity contribution in [3.8, 4) is 0 Å². The smallest absolute Gasteiger partial charge is 0.0965 e. The highest BCUT2D eigenvalue weighted by atomic mass is 32.2. The van der Waals surface area contributed by atoms with Crippen molar-refractivity contribution in [2.24, 2.45) is 0 Å². The zero-order valence-electron chi connectivity index (χ0n) is 14.1. The molecule has 0 spiro atoms. The molecule has 0 saturated carbocycles. The molecule has 3 heteroatoms. The number of likely N-dealkylation sites (tertiary alicyclic amines) is 1. The molecule has 1 atom stereocenters. The first-order valence-corrected chi connectivity index (χ1v) is 9.20. The van der Waals surface area contributed by atoms with Crippen LogP contribution in [0.4, 0.5) is 0 Å². The lowest BCUT2D eigenvalue weighted by molar-refractivity contribution is 0.146. The first kappa shape index (κ1) is 16.8. The number of thioether (sulfide) groups is 1. The third-order valence-electron chi connectivity index (χ3n) is 3.97. The van der Waals surface area contributed by atoms with Gasteiger partial charge in [-0.1, -0.05) is 46.6 Å². The number of aromatic nitrogens is 1. The molecule has 0 bridgehead atoms. The van der Waals surface area contributed by atoms with Crippen molar-refractivity contribution in [3.63, 3.8) is 0 Å². The fraction of sp³-hybridized carbons (Fsp3) is 0.722. The molecule has 0 N–H and O–H groups in total. The van der Waals surface area contributed by atoms with Crippen molar-refractivity contribution in [1.82, 2.24) is 9.88 Å². The third kappa shape index (κ3) is 5.30. The first-order chi connectivity index (χ1) is 9.99. The van der Waals surface area contributed by atoms with Crippen LogP contribution in [0.15, 0.2) is 23.4 Å². The van der Waals surface area contributed by atoms with Gasteiger partial charge >= 0.3 is 0 Å². The molecule has 1 aromatic rings. The monoisotopic (exact) mass is 306 g/mol. The molecule has 0 radical (unpaired) electrons. The summed E-state index contributed by atoms with van der Waals surface area (Å²) in [4.78, 5) is 7.36. The van der Waals surface area contributed by atoms with Crippen LogP contribution >= 0.6 is 11.8 Å². The normalized spacial score (nSPS) is 20.7. The molecule has 2 rings (SSSR count). The Balaban J connectivity index is 2.05. The minimum Gasteiger partial charge on any atom is -0.296 e. The number of rotatable bonds is 5. The molecular weight excluding hydrogens is 276 g/mol. The lowest BCUT2D eigenvalue weighted by Gasteiger charge is -2.36. The molecule has 1 aliphatic heterocycles. The molecule has 1 aliphatic rings. The minimum atomic E-state index is 0.229. The van der Waals surface area contributed by atoms with Crippen LogP contribution in [0, 0.1) is 0 Å². The van der Waals surface area contributed by atoms with Gasteiger partial charge in [0.25, 0.3) is 0 Å². The van der Waals surface area contributed by atoms with Crippen molar-refractivity contribution in [1.29, 1.82) is 0 Å². The van der Waals surface area contributed by atoms with Gasteiger partial charge in [-0.15, -0.1) is 11.8 Å². The molecular formula is C18H30N2S. The van der Waals surface area contributed by atoms with E-state index in [0.29, 0.717) is 6.04 Å². The van der Waals surface area contributed by atoms with Gasteiger partial charge in [0.15, 0.2) is 0 Å². The maximum atomic E-state index is 4.69. The van der Waals surface area contributed by atoms with Crippen LogP contribution in [-0.4, -0.2) is 27.7 Å². The number of hydrogen-bond acceptors (Lipinski definition) is 3. The number of hydrogen-bond donors (Lipinski definition) is 0. The SMILES string of the molecule is CCCCN1CCCCC1c1ccc(SC(C)(C)C)nc1. The van der Waals surface area contributed by atoms with Gasteiger partial charge in [0, 0.05) is 17.0 Å². The van der Waals surface area contributed by atoms with E-state index in [1.807, 2.05) is 11.8 Å². The quantitative estimate of drug-likeness (QED) is 0.687. The number of unbranched alkanes of at least 4 members (excludes halogenated alkanes) is 1. The van der Waals surface area contributed by atoms with E-state index < -0.39 is 0 Å². The minimum absolute atomic E-state index is 0.229. The van der Waals surface area contributed by atoms with Crippen LogP contribution < -0.4 is 0 Å². The number of piperidine rings is 1. The summed E-state index contributed by atoms with van der Waals surface area (Å²) in [5.41, 5.74) is 1.41. The second-order valence-corrected chi connectivity index (χ2v) is 8.89. The summed E-state index contributed by atoms with van der Waals surface area (Å²) in [6.45, 7) is 11.5. The van der Waals surface area contributed by atoms with Crippen LogP contribution in [0.3, 0.4) is 0 Å². The summed E-state index contributed by atoms with van der Waals surface area (Å²) in [6.07, 6.45) is 8.70. The number of nitrogens with zero attached hydrogens (tertiary/aromatic N) is 2. The second kappa shape index (κ2) is 7.64. The van der Waals surface area contributed by atoms with Crippen LogP contribution in [0.5, 0.6) is 0 Å². The van der Waals surface area contributed by atoms with Gasteiger partial charge in [0.05, 0.1) is 5.03 Å². The first-order valence-electron chi connectivity index (χ1n) is 8.38. The average molecular weight is 307 g/mol. The molecule has 1 saturated heterocycles. The van der Waals surface area contributed by atoms with Gasteiger partial charge < -0.3 is 0 Å². The third-order valence-corrected chi connectivity index (χ3v) is 5.03. The van der Waals surface area contributed by atoms with E-state index in [1.165, 1.54) is 50.8 Å².